The molecule has 0 aromatic heterocycles. The second kappa shape index (κ2) is 29.1. The van der Waals surface area contributed by atoms with Gasteiger partial charge in [-0.3, -0.25) is 0 Å². The molecule has 3 nitrogen and oxygen atoms in total. The smallest absolute Gasteiger partial charge is 0.0621 e. The number of benzene rings is 19. The van der Waals surface area contributed by atoms with Crippen LogP contribution in [0.4, 0.5) is 51.2 Å². The number of rotatable bonds is 13. The minimum atomic E-state index is -0.286. The Morgan fingerprint density at radius 3 is 0.902 bits per heavy atom. The molecule has 4 aliphatic rings. The second-order valence-corrected chi connectivity index (χ2v) is 35.9. The van der Waals surface area contributed by atoms with Crippen molar-refractivity contribution in [2.24, 2.45) is 0 Å². The summed E-state index contributed by atoms with van der Waals surface area (Å²) in [6.45, 7) is 19.1. The van der Waals surface area contributed by atoms with Crippen molar-refractivity contribution in [3.8, 4) is 89.0 Å². The highest BCUT2D eigenvalue weighted by Crippen LogP contribution is 2.62. The van der Waals surface area contributed by atoms with Crippen molar-refractivity contribution in [2.45, 2.75) is 77.0 Å². The Bertz CT molecular complexity index is 7340. The Morgan fingerprint density at radius 2 is 0.431 bits per heavy atom. The van der Waals surface area contributed by atoms with Gasteiger partial charge in [0.2, 0.25) is 0 Å². The van der Waals surface area contributed by atoms with Gasteiger partial charge in [-0.2, -0.15) is 0 Å². The maximum absolute atomic E-state index is 2.55. The summed E-state index contributed by atoms with van der Waals surface area (Å²) in [5.41, 5.74) is 40.8. The third kappa shape index (κ3) is 12.3. The first-order valence-electron chi connectivity index (χ1n) is 43.4. The first-order valence-corrected chi connectivity index (χ1v) is 43.4. The van der Waals surface area contributed by atoms with Crippen molar-refractivity contribution >= 4 is 83.5 Å². The molecule has 23 rings (SSSR count). The van der Waals surface area contributed by atoms with Gasteiger partial charge in [0.15, 0.2) is 0 Å². The van der Waals surface area contributed by atoms with Crippen LogP contribution in [-0.2, 0) is 21.7 Å². The van der Waals surface area contributed by atoms with Crippen molar-refractivity contribution in [3.05, 3.63) is 463 Å². The molecule has 0 unspecified atom stereocenters. The standard InChI is InChI=1S/C62H48N2.C58H45N/c1-61(2)55-26-16-15-25-52(55)53-35-33-49(39-56(53)61)63(48-31-29-42(30-32-48)44-28-27-41-17-11-12-18-43(41)37-44)50-34-36-54-57(40-50)62(3,4)58-38-45-19-13-14-24-51(45)60(59(54)58)64(46-20-7-5-8-21-46)47-22-9-6-10-23-47;1-57(2)51-22-14-13-21-48(51)49-34-32-46(37-53(49)57)59(45-30-27-41(28-31-45)39-17-9-6-10-18-39)56-47-20-12-11-19-44(47)36-54-55(56)50-33-29-43(35-52(50)58(54,3)4)42-25-23-40(24-26-42)38-15-7-5-8-16-38/h5-40H,1-4H3;5-37H,1-4H3. The average Bonchev–Trinajstić information content (AvgIpc) is 1.55. The third-order valence-electron chi connectivity index (χ3n) is 27.4. The second-order valence-electron chi connectivity index (χ2n) is 35.9. The summed E-state index contributed by atoms with van der Waals surface area (Å²) < 4.78 is 0. The molecular weight excluding hydrogens is 1480 g/mol. The molecular formula is C120H93N3. The number of hydrogen-bond donors (Lipinski definition) is 0. The van der Waals surface area contributed by atoms with Crippen LogP contribution in [-0.4, -0.2) is 0 Å². The number of nitrogens with zero attached hydrogens (tertiary/aromatic N) is 3. The van der Waals surface area contributed by atoms with E-state index in [4.69, 9.17) is 0 Å². The fourth-order valence-corrected chi connectivity index (χ4v) is 21.0. The lowest BCUT2D eigenvalue weighted by molar-refractivity contribution is 0.660. The molecule has 0 fully saturated rings. The molecule has 0 heterocycles. The molecule has 3 heteroatoms. The van der Waals surface area contributed by atoms with E-state index in [1.165, 1.54) is 177 Å². The first kappa shape index (κ1) is 74.6. The van der Waals surface area contributed by atoms with Crippen LogP contribution in [0.3, 0.4) is 0 Å². The minimum Gasteiger partial charge on any atom is -0.310 e. The van der Waals surface area contributed by atoms with E-state index in [9.17, 15) is 0 Å². The zero-order chi connectivity index (χ0) is 83.0. The van der Waals surface area contributed by atoms with Gasteiger partial charge in [-0.1, -0.05) is 365 Å². The molecule has 0 amide bonds. The van der Waals surface area contributed by atoms with Gasteiger partial charge in [-0.15, -0.1) is 0 Å². The lowest BCUT2D eigenvalue weighted by Crippen LogP contribution is -2.18. The lowest BCUT2D eigenvalue weighted by atomic mass is 9.80. The van der Waals surface area contributed by atoms with Crippen LogP contribution in [0.2, 0.25) is 0 Å². The summed E-state index contributed by atoms with van der Waals surface area (Å²) >= 11 is 0. The largest absolute Gasteiger partial charge is 0.310 e. The molecule has 19 aromatic rings. The Morgan fingerprint density at radius 1 is 0.154 bits per heavy atom. The number of anilines is 9. The fraction of sp³-hybridized carbons (Fsp3) is 0.100. The van der Waals surface area contributed by atoms with Gasteiger partial charge in [0, 0.05) is 83.4 Å². The lowest BCUT2D eigenvalue weighted by Gasteiger charge is -2.32. The van der Waals surface area contributed by atoms with Crippen LogP contribution in [0.1, 0.15) is 99.9 Å². The van der Waals surface area contributed by atoms with E-state index in [2.05, 4.69) is 489 Å². The van der Waals surface area contributed by atoms with Gasteiger partial charge >= 0.3 is 0 Å². The van der Waals surface area contributed by atoms with E-state index in [1.54, 1.807) is 0 Å². The summed E-state index contributed by atoms with van der Waals surface area (Å²) in [7, 11) is 0. The molecule has 19 aromatic carbocycles. The average molecular weight is 1580 g/mol. The molecule has 0 bridgehead atoms. The monoisotopic (exact) mass is 1580 g/mol. The van der Waals surface area contributed by atoms with Crippen LogP contribution in [0.25, 0.3) is 121 Å². The van der Waals surface area contributed by atoms with E-state index < -0.39 is 0 Å². The van der Waals surface area contributed by atoms with Crippen LogP contribution in [0.15, 0.2) is 419 Å². The Hall–Kier alpha value is -14.6. The van der Waals surface area contributed by atoms with Crippen LogP contribution < -0.4 is 14.7 Å². The maximum atomic E-state index is 2.55. The van der Waals surface area contributed by atoms with Crippen molar-refractivity contribution in [1.29, 1.82) is 0 Å². The predicted molar refractivity (Wildman–Crippen MR) is 521 cm³/mol. The van der Waals surface area contributed by atoms with Crippen LogP contribution >= 0.6 is 0 Å². The molecule has 0 N–H and O–H groups in total. The highest BCUT2D eigenvalue weighted by Gasteiger charge is 2.44. The van der Waals surface area contributed by atoms with Gasteiger partial charge in [-0.25, -0.2) is 0 Å². The fourth-order valence-electron chi connectivity index (χ4n) is 21.0. The number of hydrogen-bond acceptors (Lipinski definition) is 3. The molecule has 0 spiro atoms. The van der Waals surface area contributed by atoms with Crippen LogP contribution in [0, 0.1) is 0 Å². The Kier molecular flexibility index (Phi) is 17.6. The summed E-state index contributed by atoms with van der Waals surface area (Å²) in [4.78, 5) is 7.49. The zero-order valence-electron chi connectivity index (χ0n) is 70.7. The quantitative estimate of drug-likeness (QED) is 0.114. The van der Waals surface area contributed by atoms with Crippen molar-refractivity contribution in [3.63, 3.8) is 0 Å². The summed E-state index contributed by atoms with van der Waals surface area (Å²) in [5, 5.41) is 7.47. The maximum Gasteiger partial charge on any atom is 0.0621 e. The highest BCUT2D eigenvalue weighted by molar-refractivity contribution is 6.12. The molecule has 0 radical (unpaired) electrons. The molecule has 588 valence electrons. The van der Waals surface area contributed by atoms with Gasteiger partial charge in [0.25, 0.3) is 0 Å². The van der Waals surface area contributed by atoms with Crippen LogP contribution in [0.5, 0.6) is 0 Å². The summed E-state index contributed by atoms with van der Waals surface area (Å²) in [6.07, 6.45) is 0. The predicted octanol–water partition coefficient (Wildman–Crippen LogP) is 33.1. The zero-order valence-corrected chi connectivity index (χ0v) is 70.7. The SMILES string of the molecule is CC1(C)c2ccccc2-c2ccc(N(c3ccc(-c4ccc5ccccc5c4)cc3)c3ccc4c(c3)C(C)(C)c3cc5ccccc5c(N(c5ccccc5)c5ccccc5)c3-4)cc21.CC1(C)c2ccccc2-c2ccc(N(c3ccc(-c4ccccc4)cc3)c3c4c(cc5ccccc35)C(C)(C)c3cc(-c5ccc(-c6ccccc6)cc5)ccc3-4)cc21. The van der Waals surface area contributed by atoms with E-state index >= 15 is 0 Å². The molecule has 4 aliphatic carbocycles. The normalized spacial score (nSPS) is 14.0. The van der Waals surface area contributed by atoms with Gasteiger partial charge < -0.3 is 14.7 Å². The summed E-state index contributed by atoms with van der Waals surface area (Å²) in [6, 6.07) is 155. The molecule has 0 saturated carbocycles. The molecule has 0 aliphatic heterocycles. The van der Waals surface area contributed by atoms with E-state index in [0.29, 0.717) is 0 Å². The van der Waals surface area contributed by atoms with Crippen molar-refractivity contribution in [2.75, 3.05) is 14.7 Å². The van der Waals surface area contributed by atoms with Gasteiger partial charge in [0.05, 0.1) is 11.4 Å². The topological polar surface area (TPSA) is 9.72 Å². The molecule has 0 saturated heterocycles. The number of para-hydroxylation sites is 2. The highest BCUT2D eigenvalue weighted by atomic mass is 15.2. The number of fused-ring (bicyclic) bond motifs is 15. The van der Waals surface area contributed by atoms with Crippen molar-refractivity contribution in [1.82, 2.24) is 0 Å². The third-order valence-corrected chi connectivity index (χ3v) is 27.4. The van der Waals surface area contributed by atoms with Gasteiger partial charge in [0.1, 0.15) is 0 Å². The Balaban J connectivity index is 0.000000147. The van der Waals surface area contributed by atoms with E-state index in [1.807, 2.05) is 0 Å². The summed E-state index contributed by atoms with van der Waals surface area (Å²) in [5.74, 6) is 0. The first-order chi connectivity index (χ1) is 60.0. The Labute approximate surface area is 722 Å². The molecule has 123 heavy (non-hydrogen) atoms. The van der Waals surface area contributed by atoms with Gasteiger partial charge in [-0.05, 0) is 253 Å². The van der Waals surface area contributed by atoms with Crippen molar-refractivity contribution < 1.29 is 0 Å². The van der Waals surface area contributed by atoms with E-state index in [0.717, 1.165) is 39.8 Å². The molecule has 0 atom stereocenters. The minimum absolute atomic E-state index is 0.128. The van der Waals surface area contributed by atoms with E-state index in [-0.39, 0.29) is 21.7 Å².